The molecule has 0 saturated carbocycles. The van der Waals surface area contributed by atoms with Gasteiger partial charge in [0.2, 0.25) is 0 Å². The third-order valence-corrected chi connectivity index (χ3v) is 1.04. The van der Waals surface area contributed by atoms with Gasteiger partial charge in [0, 0.05) is 18.8 Å². The third kappa shape index (κ3) is 1.16. The lowest BCUT2D eigenvalue weighted by Gasteiger charge is -1.82. The first-order valence-electron chi connectivity index (χ1n) is 2.72. The van der Waals surface area contributed by atoms with Gasteiger partial charge in [-0.3, -0.25) is 4.79 Å². The molecular formula is C6H8N2O. The van der Waals surface area contributed by atoms with Crippen molar-refractivity contribution < 1.29 is 4.79 Å². The summed E-state index contributed by atoms with van der Waals surface area (Å²) >= 11 is 0. The summed E-state index contributed by atoms with van der Waals surface area (Å²) in [6.07, 6.45) is 1.64. The van der Waals surface area contributed by atoms with Crippen LogP contribution in [0.3, 0.4) is 0 Å². The van der Waals surface area contributed by atoms with Gasteiger partial charge < -0.3 is 4.98 Å². The fourth-order valence-corrected chi connectivity index (χ4v) is 0.592. The molecule has 1 aromatic heterocycles. The van der Waals surface area contributed by atoms with Gasteiger partial charge in [-0.25, -0.2) is 4.98 Å². The van der Waals surface area contributed by atoms with Gasteiger partial charge in [0.25, 0.3) is 0 Å². The maximum atomic E-state index is 10.6. The number of hydrogen-bond donors (Lipinski definition) is 1. The van der Waals surface area contributed by atoms with Crippen LogP contribution in [0.5, 0.6) is 0 Å². The summed E-state index contributed by atoms with van der Waals surface area (Å²) in [5.74, 6) is 0.413. The lowest BCUT2D eigenvalue weighted by Crippen LogP contribution is -1.93. The Morgan fingerprint density at radius 1 is 1.78 bits per heavy atom. The molecule has 48 valence electrons. The normalized spacial score (nSPS) is 9.56. The van der Waals surface area contributed by atoms with Gasteiger partial charge in [0.15, 0.2) is 11.6 Å². The molecule has 0 unspecified atom stereocenters. The van der Waals surface area contributed by atoms with E-state index in [-0.39, 0.29) is 5.78 Å². The Morgan fingerprint density at radius 3 is 2.67 bits per heavy atom. The predicted molar refractivity (Wildman–Crippen MR) is 33.3 cm³/mol. The number of carbonyl (C=O) groups is 1. The van der Waals surface area contributed by atoms with Crippen molar-refractivity contribution in [1.29, 1.82) is 0 Å². The maximum Gasteiger partial charge on any atom is 0.194 e. The summed E-state index contributed by atoms with van der Waals surface area (Å²) in [5, 5.41) is 0. The number of H-pyrrole nitrogens is 1. The topological polar surface area (TPSA) is 45.8 Å². The van der Waals surface area contributed by atoms with E-state index in [1.54, 1.807) is 6.20 Å². The first kappa shape index (κ1) is 6.01. The second kappa shape index (κ2) is 2.01. The van der Waals surface area contributed by atoms with Crippen LogP contribution in [0.15, 0.2) is 6.20 Å². The molecule has 0 atom stereocenters. The van der Waals surface area contributed by atoms with Gasteiger partial charge in [-0.2, -0.15) is 0 Å². The highest BCUT2D eigenvalue weighted by molar-refractivity contribution is 5.90. The number of aromatic amines is 1. The number of aromatic nitrogens is 2. The molecule has 0 aromatic carbocycles. The molecule has 0 saturated heterocycles. The van der Waals surface area contributed by atoms with Crippen LogP contribution in [0.2, 0.25) is 0 Å². The number of hydrogen-bond acceptors (Lipinski definition) is 2. The van der Waals surface area contributed by atoms with Crippen molar-refractivity contribution in [3.8, 4) is 0 Å². The Labute approximate surface area is 53.1 Å². The summed E-state index contributed by atoms with van der Waals surface area (Å²) in [6.45, 7) is 3.34. The molecule has 0 spiro atoms. The van der Waals surface area contributed by atoms with E-state index in [2.05, 4.69) is 9.97 Å². The molecule has 0 aliphatic rings. The maximum absolute atomic E-state index is 10.6. The van der Waals surface area contributed by atoms with E-state index in [1.807, 2.05) is 6.92 Å². The Balaban J connectivity index is 2.98. The average Bonchev–Trinajstić information content (AvgIpc) is 2.14. The quantitative estimate of drug-likeness (QED) is 0.566. The summed E-state index contributed by atoms with van der Waals surface area (Å²) in [7, 11) is 0. The molecule has 3 nitrogen and oxygen atoms in total. The van der Waals surface area contributed by atoms with E-state index in [4.69, 9.17) is 0 Å². The first-order valence-corrected chi connectivity index (χ1v) is 2.72. The van der Waals surface area contributed by atoms with E-state index in [0.717, 1.165) is 5.69 Å². The fourth-order valence-electron chi connectivity index (χ4n) is 0.592. The van der Waals surface area contributed by atoms with Crippen molar-refractivity contribution >= 4 is 5.78 Å². The summed E-state index contributed by atoms with van der Waals surface area (Å²) in [4.78, 5) is 17.2. The summed E-state index contributed by atoms with van der Waals surface area (Å²) in [6, 6.07) is 0. The molecule has 1 heterocycles. The van der Waals surface area contributed by atoms with E-state index in [1.165, 1.54) is 6.92 Å². The molecule has 0 amide bonds. The third-order valence-electron chi connectivity index (χ3n) is 1.04. The van der Waals surface area contributed by atoms with E-state index < -0.39 is 0 Å². The molecule has 0 fully saturated rings. The number of imidazole rings is 1. The van der Waals surface area contributed by atoms with Crippen molar-refractivity contribution in [2.24, 2.45) is 0 Å². The number of aryl methyl sites for hydroxylation is 1. The molecule has 0 radical (unpaired) electrons. The van der Waals surface area contributed by atoms with Crippen LogP contribution >= 0.6 is 0 Å². The Morgan fingerprint density at radius 2 is 2.44 bits per heavy atom. The number of nitrogens with zero attached hydrogens (tertiary/aromatic N) is 1. The Kier molecular flexibility index (Phi) is 1.34. The smallest absolute Gasteiger partial charge is 0.194 e. The summed E-state index contributed by atoms with van der Waals surface area (Å²) < 4.78 is 0. The number of Topliss-reactive ketones (excluding diaryl/α,β-unsaturated/α-hetero) is 1. The van der Waals surface area contributed by atoms with Crippen LogP contribution in [-0.2, 0) is 0 Å². The number of rotatable bonds is 1. The number of ketones is 1. The van der Waals surface area contributed by atoms with E-state index in [0.29, 0.717) is 5.82 Å². The highest BCUT2D eigenvalue weighted by Gasteiger charge is 2.00. The molecule has 3 heteroatoms. The zero-order valence-corrected chi connectivity index (χ0v) is 5.43. The van der Waals surface area contributed by atoms with Crippen LogP contribution in [0.4, 0.5) is 0 Å². The Bertz CT molecular complexity index is 227. The standard InChI is InChI=1S/C6H8N2O/c1-4-3-7-6(8-4)5(2)9/h3H,1-2H3,(H,7,8). The zero-order valence-electron chi connectivity index (χ0n) is 5.43. The van der Waals surface area contributed by atoms with Gasteiger partial charge in [-0.15, -0.1) is 0 Å². The minimum absolute atomic E-state index is 0.0249. The van der Waals surface area contributed by atoms with Crippen LogP contribution in [-0.4, -0.2) is 15.8 Å². The van der Waals surface area contributed by atoms with Crippen molar-refractivity contribution in [2.75, 3.05) is 0 Å². The van der Waals surface area contributed by atoms with Crippen LogP contribution in [0, 0.1) is 6.92 Å². The predicted octanol–water partition coefficient (Wildman–Crippen LogP) is 0.921. The van der Waals surface area contributed by atoms with Gasteiger partial charge in [0.1, 0.15) is 0 Å². The van der Waals surface area contributed by atoms with Crippen LogP contribution in [0.25, 0.3) is 0 Å². The first-order chi connectivity index (χ1) is 4.20. The van der Waals surface area contributed by atoms with Crippen molar-refractivity contribution in [2.45, 2.75) is 13.8 Å². The van der Waals surface area contributed by atoms with Gasteiger partial charge in [0.05, 0.1) is 0 Å². The minimum atomic E-state index is -0.0249. The number of nitrogens with one attached hydrogen (secondary N) is 1. The molecular weight excluding hydrogens is 116 g/mol. The van der Waals surface area contributed by atoms with Crippen molar-refractivity contribution in [3.05, 3.63) is 17.7 Å². The Hall–Kier alpha value is -1.12. The fraction of sp³-hybridized carbons (Fsp3) is 0.333. The number of carbonyl (C=O) groups excluding carboxylic acids is 1. The second-order valence-corrected chi connectivity index (χ2v) is 1.97. The second-order valence-electron chi connectivity index (χ2n) is 1.97. The average molecular weight is 124 g/mol. The molecule has 1 N–H and O–H groups in total. The highest BCUT2D eigenvalue weighted by Crippen LogP contribution is 1.94. The lowest BCUT2D eigenvalue weighted by atomic mass is 10.4. The van der Waals surface area contributed by atoms with Gasteiger partial charge in [-0.05, 0) is 6.92 Å². The molecule has 9 heavy (non-hydrogen) atoms. The highest BCUT2D eigenvalue weighted by atomic mass is 16.1. The van der Waals surface area contributed by atoms with Crippen LogP contribution < -0.4 is 0 Å². The van der Waals surface area contributed by atoms with E-state index in [9.17, 15) is 4.79 Å². The summed E-state index contributed by atoms with van der Waals surface area (Å²) in [5.41, 5.74) is 0.917. The lowest BCUT2D eigenvalue weighted by molar-refractivity contribution is 0.100. The molecule has 1 rings (SSSR count). The van der Waals surface area contributed by atoms with Crippen molar-refractivity contribution in [1.82, 2.24) is 9.97 Å². The molecule has 0 bridgehead atoms. The van der Waals surface area contributed by atoms with Gasteiger partial charge >= 0.3 is 0 Å². The monoisotopic (exact) mass is 124 g/mol. The molecule has 0 aliphatic carbocycles. The van der Waals surface area contributed by atoms with Crippen LogP contribution in [0.1, 0.15) is 23.2 Å². The molecule has 1 aromatic rings. The van der Waals surface area contributed by atoms with Gasteiger partial charge in [-0.1, -0.05) is 0 Å². The molecule has 0 aliphatic heterocycles. The van der Waals surface area contributed by atoms with Crippen molar-refractivity contribution in [3.63, 3.8) is 0 Å². The zero-order chi connectivity index (χ0) is 6.85. The minimum Gasteiger partial charge on any atom is -0.340 e. The van der Waals surface area contributed by atoms with E-state index >= 15 is 0 Å². The SMILES string of the molecule is CC(=O)c1ncc(C)[nH]1. The largest absolute Gasteiger partial charge is 0.340 e.